The van der Waals surface area contributed by atoms with Crippen LogP contribution in [-0.2, 0) is 11.3 Å². The van der Waals surface area contributed by atoms with Gasteiger partial charge in [-0.25, -0.2) is 23.9 Å². The second-order valence-electron chi connectivity index (χ2n) is 9.15. The van der Waals surface area contributed by atoms with Crippen molar-refractivity contribution in [2.45, 2.75) is 31.8 Å². The zero-order chi connectivity index (χ0) is 26.3. The normalized spacial score (nSPS) is 16.9. The molecule has 10 heteroatoms. The average Bonchev–Trinajstić information content (AvgIpc) is 2.94. The van der Waals surface area contributed by atoms with Crippen LogP contribution in [0.25, 0.3) is 11.3 Å². The molecular weight excluding hydrogens is 500 g/mol. The lowest BCUT2D eigenvalue weighted by Gasteiger charge is -2.23. The van der Waals surface area contributed by atoms with E-state index in [2.05, 4.69) is 25.3 Å². The topological polar surface area (TPSA) is 121 Å². The predicted octanol–water partition coefficient (Wildman–Crippen LogP) is 4.62. The van der Waals surface area contributed by atoms with Crippen LogP contribution in [0.4, 0.5) is 5.95 Å². The summed E-state index contributed by atoms with van der Waals surface area (Å²) in [4.78, 5) is 13.6. The van der Waals surface area contributed by atoms with Gasteiger partial charge < -0.3 is 15.4 Å². The largest absolute Gasteiger partial charge is 0.438 e. The summed E-state index contributed by atoms with van der Waals surface area (Å²) >= 11 is -2.21. The lowest BCUT2D eigenvalue weighted by Crippen LogP contribution is -2.38. The number of anilines is 1. The first kappa shape index (κ1) is 25.9. The first-order chi connectivity index (χ1) is 18.6. The van der Waals surface area contributed by atoms with Crippen molar-refractivity contribution in [1.82, 2.24) is 25.0 Å². The molecule has 1 unspecified atom stereocenters. The van der Waals surface area contributed by atoms with E-state index in [1.807, 2.05) is 73.7 Å². The molecule has 38 heavy (non-hydrogen) atoms. The zero-order valence-electron chi connectivity index (χ0n) is 21.0. The molecule has 9 nitrogen and oxygen atoms in total. The maximum Gasteiger partial charge on any atom is 0.232 e. The average molecular weight is 531 g/mol. The van der Waals surface area contributed by atoms with E-state index in [4.69, 9.17) is 9.72 Å². The molecule has 196 valence electrons. The number of benzene rings is 2. The van der Waals surface area contributed by atoms with E-state index in [1.165, 1.54) is 0 Å². The number of rotatable bonds is 9. The van der Waals surface area contributed by atoms with Crippen LogP contribution in [0.1, 0.15) is 35.6 Å². The molecule has 1 fully saturated rings. The molecule has 0 radical (unpaired) electrons. The number of nitrogens with one attached hydrogen (secondary N) is 3. The number of aromatic nitrogens is 3. The first-order valence-corrected chi connectivity index (χ1v) is 13.6. The molecule has 0 spiro atoms. The Labute approximate surface area is 224 Å². The van der Waals surface area contributed by atoms with Crippen molar-refractivity contribution < 1.29 is 13.5 Å². The van der Waals surface area contributed by atoms with Crippen LogP contribution in [-0.4, -0.2) is 42.8 Å². The minimum Gasteiger partial charge on any atom is -0.438 e. The van der Waals surface area contributed by atoms with E-state index in [9.17, 15) is 8.76 Å². The predicted molar refractivity (Wildman–Crippen MR) is 148 cm³/mol. The smallest absolute Gasteiger partial charge is 0.232 e. The van der Waals surface area contributed by atoms with Gasteiger partial charge in [0, 0.05) is 25.0 Å². The Hall–Kier alpha value is -3.70. The lowest BCUT2D eigenvalue weighted by atomic mass is 9.98. The van der Waals surface area contributed by atoms with Crippen LogP contribution in [0.5, 0.6) is 11.6 Å². The van der Waals surface area contributed by atoms with Gasteiger partial charge in [-0.3, -0.25) is 4.55 Å². The van der Waals surface area contributed by atoms with Gasteiger partial charge in [0.2, 0.25) is 23.1 Å². The summed E-state index contributed by atoms with van der Waals surface area (Å²) in [6.07, 6.45) is 5.59. The summed E-state index contributed by atoms with van der Waals surface area (Å²) in [6.45, 7) is 3.87. The molecule has 3 atom stereocenters. The molecule has 1 aliphatic rings. The molecule has 2 aromatic carbocycles. The zero-order valence-corrected chi connectivity index (χ0v) is 21.8. The van der Waals surface area contributed by atoms with Gasteiger partial charge in [0.1, 0.15) is 5.75 Å². The van der Waals surface area contributed by atoms with Gasteiger partial charge >= 0.3 is 0 Å². The van der Waals surface area contributed by atoms with Crippen molar-refractivity contribution in [2.24, 2.45) is 0 Å². The molecule has 4 aromatic rings. The van der Waals surface area contributed by atoms with Crippen molar-refractivity contribution in [3.8, 4) is 22.9 Å². The Morgan fingerprint density at radius 1 is 1.05 bits per heavy atom. The highest BCUT2D eigenvalue weighted by molar-refractivity contribution is 7.77. The molecule has 0 saturated carbocycles. The molecule has 1 aliphatic heterocycles. The fraction of sp³-hybridized carbons (Fsp3) is 0.250. The Morgan fingerprint density at radius 3 is 2.71 bits per heavy atom. The van der Waals surface area contributed by atoms with E-state index in [1.54, 1.807) is 12.4 Å². The first-order valence-electron chi connectivity index (χ1n) is 12.5. The number of ether oxygens (including phenoxy) is 1. The van der Waals surface area contributed by atoms with Gasteiger partial charge in [-0.15, -0.1) is 0 Å². The monoisotopic (exact) mass is 530 g/mol. The Bertz CT molecular complexity index is 1400. The molecule has 0 amide bonds. The van der Waals surface area contributed by atoms with Crippen LogP contribution in [0, 0.1) is 6.92 Å². The number of piperidine rings is 1. The summed E-state index contributed by atoms with van der Waals surface area (Å²) in [5, 5.41) is 6.81. The van der Waals surface area contributed by atoms with Crippen LogP contribution in [0.2, 0.25) is 0 Å². The fourth-order valence-electron chi connectivity index (χ4n) is 4.49. The number of hydrogen-bond acceptors (Lipinski definition) is 7. The second kappa shape index (κ2) is 12.2. The van der Waals surface area contributed by atoms with Crippen molar-refractivity contribution in [2.75, 3.05) is 18.4 Å². The van der Waals surface area contributed by atoms with Gasteiger partial charge in [0.25, 0.3) is 0 Å². The van der Waals surface area contributed by atoms with E-state index in [0.717, 1.165) is 48.2 Å². The van der Waals surface area contributed by atoms with E-state index in [-0.39, 0.29) is 6.04 Å². The van der Waals surface area contributed by atoms with Crippen molar-refractivity contribution in [1.29, 1.82) is 0 Å². The minimum absolute atomic E-state index is 0.286. The van der Waals surface area contributed by atoms with E-state index < -0.39 is 17.3 Å². The Kier molecular flexibility index (Phi) is 8.34. The minimum atomic E-state index is -2.21. The highest BCUT2D eigenvalue weighted by atomic mass is 32.2. The maximum absolute atomic E-state index is 11.7. The van der Waals surface area contributed by atoms with E-state index >= 15 is 0 Å². The maximum atomic E-state index is 11.7. The Morgan fingerprint density at radius 2 is 1.92 bits per heavy atom. The molecule has 0 bridgehead atoms. The number of pyridine rings is 1. The molecule has 2 aromatic heterocycles. The lowest BCUT2D eigenvalue weighted by molar-refractivity contribution is 0.460. The molecule has 1 saturated heterocycles. The van der Waals surface area contributed by atoms with Crippen LogP contribution in [0.15, 0.2) is 79.1 Å². The molecule has 4 N–H and O–H groups in total. The molecule has 0 aliphatic carbocycles. The summed E-state index contributed by atoms with van der Waals surface area (Å²) in [5.41, 5.74) is 3.97. The molecular formula is C28H30N6O3S. The number of hydrogen-bond donors (Lipinski definition) is 4. The standard InChI is InChI=1S/C28H30N6O3S/c1-19-11-12-21(26(34-38(35)36)20-7-3-2-4-8-20)17-25(19)37-27-23(10-6-15-30-27)24-13-16-31-28(33-24)32-22-9-5-14-29-18-22/h2-4,6-8,10-13,15-17,22,26,29,34H,5,9,14,18H2,1H3,(H,35,36)(H,31,32,33)/t22-,26-/m0/s1. The summed E-state index contributed by atoms with van der Waals surface area (Å²) < 4.78 is 30.4. The summed E-state index contributed by atoms with van der Waals surface area (Å²) in [6, 6.07) is 20.6. The Balaban J connectivity index is 1.44. The number of aryl methyl sites for hydroxylation is 1. The fourth-order valence-corrected chi connectivity index (χ4v) is 4.96. The molecule has 3 heterocycles. The molecule has 5 rings (SSSR count). The van der Waals surface area contributed by atoms with Gasteiger partial charge in [0.05, 0.1) is 17.3 Å². The van der Waals surface area contributed by atoms with E-state index in [0.29, 0.717) is 23.3 Å². The number of nitrogens with zero attached hydrogens (tertiary/aromatic N) is 3. The third-order valence-electron chi connectivity index (χ3n) is 6.44. The quantitative estimate of drug-likeness (QED) is 0.231. The van der Waals surface area contributed by atoms with Crippen LogP contribution in [0.3, 0.4) is 0 Å². The third-order valence-corrected chi connectivity index (χ3v) is 6.87. The second-order valence-corrected chi connectivity index (χ2v) is 9.88. The SMILES string of the molecule is Cc1ccc([C@@H](NS(=O)O)c2ccccc2)cc1Oc1ncccc1-c1ccnc(N[C@H]2CCCNC2)n1. The summed E-state index contributed by atoms with van der Waals surface area (Å²) in [7, 11) is 0. The highest BCUT2D eigenvalue weighted by Crippen LogP contribution is 2.34. The van der Waals surface area contributed by atoms with Gasteiger partial charge in [-0.1, -0.05) is 42.5 Å². The highest BCUT2D eigenvalue weighted by Gasteiger charge is 2.19. The summed E-state index contributed by atoms with van der Waals surface area (Å²) in [5.74, 6) is 1.57. The van der Waals surface area contributed by atoms with Gasteiger partial charge in [0.15, 0.2) is 0 Å². The van der Waals surface area contributed by atoms with Crippen LogP contribution < -0.4 is 20.1 Å². The third kappa shape index (κ3) is 6.40. The van der Waals surface area contributed by atoms with Crippen molar-refractivity contribution >= 4 is 17.2 Å². The van der Waals surface area contributed by atoms with Gasteiger partial charge in [-0.05, 0) is 67.3 Å². The van der Waals surface area contributed by atoms with Crippen LogP contribution >= 0.6 is 0 Å². The van der Waals surface area contributed by atoms with Crippen molar-refractivity contribution in [3.05, 3.63) is 95.8 Å². The van der Waals surface area contributed by atoms with Gasteiger partial charge in [-0.2, -0.15) is 0 Å². The van der Waals surface area contributed by atoms with Crippen molar-refractivity contribution in [3.63, 3.8) is 0 Å².